The van der Waals surface area contributed by atoms with Crippen LogP contribution in [0.25, 0.3) is 0 Å². The third kappa shape index (κ3) is 4.94. The molecule has 0 aliphatic rings. The number of nitrogens with one attached hydrogen (secondary N) is 1. The summed E-state index contributed by atoms with van der Waals surface area (Å²) in [6.07, 6.45) is 0. The number of anilines is 1. The summed E-state index contributed by atoms with van der Waals surface area (Å²) in [4.78, 5) is 20.3. The predicted octanol–water partition coefficient (Wildman–Crippen LogP) is 0.509. The van der Waals surface area contributed by atoms with Crippen LogP contribution in [0.4, 0.5) is 11.4 Å². The van der Waals surface area contributed by atoms with Gasteiger partial charge in [0.15, 0.2) is 0 Å². The first-order valence-corrected chi connectivity index (χ1v) is 4.94. The van der Waals surface area contributed by atoms with Crippen LogP contribution in [0, 0.1) is 10.1 Å². The number of nitro groups is 1. The fourth-order valence-corrected chi connectivity index (χ4v) is 1.14. The largest absolute Gasteiger partial charge is 0.383 e. The molecule has 1 rings (SSSR count). The molecule has 17 heavy (non-hydrogen) atoms. The molecule has 0 aliphatic heterocycles. The lowest BCUT2D eigenvalue weighted by molar-refractivity contribution is -0.384. The van der Waals surface area contributed by atoms with Crippen LogP contribution in [0.1, 0.15) is 0 Å². The summed E-state index contributed by atoms with van der Waals surface area (Å²) in [5, 5.41) is 13.4. The summed E-state index contributed by atoms with van der Waals surface area (Å²) >= 11 is 0. The Morgan fingerprint density at radius 3 is 2.59 bits per heavy atom. The van der Waals surface area contributed by atoms with E-state index in [2.05, 4.69) is 5.32 Å². The van der Waals surface area contributed by atoms with Gasteiger partial charge in [-0.05, 0) is 12.1 Å². The molecule has 0 atom stereocenters. The molecule has 7 heteroatoms. The molecule has 0 saturated carbocycles. The molecule has 0 radical (unpaired) electrons. The second-order valence-electron chi connectivity index (χ2n) is 3.25. The highest BCUT2D eigenvalue weighted by Gasteiger charge is 2.03. The van der Waals surface area contributed by atoms with Crippen LogP contribution in [-0.2, 0) is 9.53 Å². The van der Waals surface area contributed by atoms with Crippen molar-refractivity contribution >= 4 is 17.3 Å². The maximum absolute atomic E-state index is 10.4. The Kier molecular flexibility index (Phi) is 4.89. The molecule has 0 bridgehead atoms. The number of nitrogens with two attached hydrogens (primary N) is 1. The third-order valence-electron chi connectivity index (χ3n) is 1.90. The van der Waals surface area contributed by atoms with Gasteiger partial charge in [0.1, 0.15) is 6.61 Å². The second-order valence-corrected chi connectivity index (χ2v) is 3.25. The van der Waals surface area contributed by atoms with Crippen molar-refractivity contribution < 1.29 is 14.5 Å². The van der Waals surface area contributed by atoms with E-state index in [1.807, 2.05) is 0 Å². The van der Waals surface area contributed by atoms with E-state index in [1.165, 1.54) is 12.1 Å². The fraction of sp³-hybridized carbons (Fsp3) is 0.300. The van der Waals surface area contributed by atoms with Crippen LogP contribution >= 0.6 is 0 Å². The average Bonchev–Trinajstić information content (AvgIpc) is 2.29. The molecule has 0 saturated heterocycles. The van der Waals surface area contributed by atoms with Crippen molar-refractivity contribution in [2.45, 2.75) is 0 Å². The number of nitro benzene ring substituents is 1. The van der Waals surface area contributed by atoms with Gasteiger partial charge in [-0.3, -0.25) is 14.9 Å². The number of nitrogens with zero attached hydrogens (tertiary/aromatic N) is 1. The van der Waals surface area contributed by atoms with Crippen molar-refractivity contribution in [3.63, 3.8) is 0 Å². The lowest BCUT2D eigenvalue weighted by Crippen LogP contribution is -2.20. The van der Waals surface area contributed by atoms with E-state index in [4.69, 9.17) is 10.5 Å². The van der Waals surface area contributed by atoms with Gasteiger partial charge in [0.05, 0.1) is 11.5 Å². The monoisotopic (exact) mass is 239 g/mol. The van der Waals surface area contributed by atoms with Crippen molar-refractivity contribution in [2.75, 3.05) is 25.1 Å². The number of hydrogen-bond acceptors (Lipinski definition) is 5. The van der Waals surface area contributed by atoms with Crippen LogP contribution in [0.3, 0.4) is 0 Å². The van der Waals surface area contributed by atoms with Crippen molar-refractivity contribution in [1.29, 1.82) is 0 Å². The number of carbonyl (C=O) groups is 1. The lowest BCUT2D eigenvalue weighted by Gasteiger charge is -2.05. The number of ether oxygens (including phenoxy) is 1. The Morgan fingerprint density at radius 2 is 2.06 bits per heavy atom. The quantitative estimate of drug-likeness (QED) is 0.409. The molecule has 0 aliphatic carbocycles. The molecule has 3 N–H and O–H groups in total. The summed E-state index contributed by atoms with van der Waals surface area (Å²) < 4.78 is 4.93. The number of non-ortho nitro benzene ring substituents is 1. The van der Waals surface area contributed by atoms with Gasteiger partial charge < -0.3 is 15.8 Å². The molecule has 0 aromatic heterocycles. The van der Waals surface area contributed by atoms with Crippen molar-refractivity contribution in [2.24, 2.45) is 5.73 Å². The third-order valence-corrected chi connectivity index (χ3v) is 1.90. The van der Waals surface area contributed by atoms with Crippen LogP contribution in [0.2, 0.25) is 0 Å². The van der Waals surface area contributed by atoms with Crippen LogP contribution in [0.5, 0.6) is 0 Å². The first-order chi connectivity index (χ1) is 8.09. The van der Waals surface area contributed by atoms with Gasteiger partial charge in [0.2, 0.25) is 5.91 Å². The Labute approximate surface area is 97.7 Å². The van der Waals surface area contributed by atoms with Gasteiger partial charge in [-0.25, -0.2) is 0 Å². The van der Waals surface area contributed by atoms with E-state index >= 15 is 0 Å². The average molecular weight is 239 g/mol. The second kappa shape index (κ2) is 6.44. The number of primary amides is 1. The van der Waals surface area contributed by atoms with E-state index in [9.17, 15) is 14.9 Å². The van der Waals surface area contributed by atoms with Crippen LogP contribution in [0.15, 0.2) is 24.3 Å². The smallest absolute Gasteiger partial charge is 0.269 e. The Hall–Kier alpha value is -2.15. The summed E-state index contributed by atoms with van der Waals surface area (Å²) in [6.45, 7) is 0.715. The first-order valence-electron chi connectivity index (χ1n) is 4.94. The van der Waals surface area contributed by atoms with E-state index in [-0.39, 0.29) is 12.3 Å². The zero-order chi connectivity index (χ0) is 12.7. The number of hydrogen-bond donors (Lipinski definition) is 2. The molecule has 7 nitrogen and oxygen atoms in total. The van der Waals surface area contributed by atoms with Crippen molar-refractivity contribution in [3.8, 4) is 0 Å². The zero-order valence-electron chi connectivity index (χ0n) is 9.09. The SMILES string of the molecule is NC(=O)COCCNc1ccc([N+](=O)[O-])cc1. The molecule has 0 spiro atoms. The molecule has 0 fully saturated rings. The van der Waals surface area contributed by atoms with E-state index in [0.717, 1.165) is 5.69 Å². The van der Waals surface area contributed by atoms with Gasteiger partial charge in [-0.1, -0.05) is 0 Å². The number of carbonyl (C=O) groups excluding carboxylic acids is 1. The summed E-state index contributed by atoms with van der Waals surface area (Å²) in [5.74, 6) is -0.514. The molecular weight excluding hydrogens is 226 g/mol. The molecule has 0 unspecified atom stereocenters. The van der Waals surface area contributed by atoms with Gasteiger partial charge in [-0.15, -0.1) is 0 Å². The molecule has 1 aromatic rings. The minimum atomic E-state index is -0.514. The zero-order valence-corrected chi connectivity index (χ0v) is 9.09. The van der Waals surface area contributed by atoms with Gasteiger partial charge in [0, 0.05) is 24.4 Å². The maximum atomic E-state index is 10.4. The molecular formula is C10H13N3O4. The maximum Gasteiger partial charge on any atom is 0.269 e. The molecule has 1 aromatic carbocycles. The number of benzene rings is 1. The van der Waals surface area contributed by atoms with E-state index in [1.54, 1.807) is 12.1 Å². The minimum absolute atomic E-state index is 0.0422. The molecule has 1 amide bonds. The van der Waals surface area contributed by atoms with Crippen molar-refractivity contribution in [3.05, 3.63) is 34.4 Å². The Bertz CT molecular complexity index is 391. The van der Waals surface area contributed by atoms with Crippen LogP contribution in [-0.4, -0.2) is 30.6 Å². The Balaban J connectivity index is 2.27. The summed E-state index contributed by atoms with van der Waals surface area (Å²) in [7, 11) is 0. The van der Waals surface area contributed by atoms with E-state index in [0.29, 0.717) is 13.2 Å². The fourth-order valence-electron chi connectivity index (χ4n) is 1.14. The highest BCUT2D eigenvalue weighted by Crippen LogP contribution is 2.14. The number of amides is 1. The topological polar surface area (TPSA) is 107 Å². The molecule has 0 heterocycles. The standard InChI is InChI=1S/C10H13N3O4/c11-10(14)7-17-6-5-12-8-1-3-9(4-2-8)13(15)16/h1-4,12H,5-7H2,(H2,11,14). The Morgan fingerprint density at radius 1 is 1.41 bits per heavy atom. The normalized spacial score (nSPS) is 9.88. The highest BCUT2D eigenvalue weighted by atomic mass is 16.6. The van der Waals surface area contributed by atoms with Gasteiger partial charge in [-0.2, -0.15) is 0 Å². The van der Waals surface area contributed by atoms with Gasteiger partial charge >= 0.3 is 0 Å². The molecule has 92 valence electrons. The van der Waals surface area contributed by atoms with E-state index < -0.39 is 10.8 Å². The summed E-state index contributed by atoms with van der Waals surface area (Å²) in [5.41, 5.74) is 5.67. The lowest BCUT2D eigenvalue weighted by atomic mass is 10.3. The number of rotatable bonds is 7. The van der Waals surface area contributed by atoms with Crippen LogP contribution < -0.4 is 11.1 Å². The predicted molar refractivity (Wildman–Crippen MR) is 61.6 cm³/mol. The van der Waals surface area contributed by atoms with Gasteiger partial charge in [0.25, 0.3) is 5.69 Å². The van der Waals surface area contributed by atoms with Crippen molar-refractivity contribution in [1.82, 2.24) is 0 Å². The first kappa shape index (κ1) is 12.9. The minimum Gasteiger partial charge on any atom is -0.383 e. The highest BCUT2D eigenvalue weighted by molar-refractivity contribution is 5.74. The summed E-state index contributed by atoms with van der Waals surface area (Å²) in [6, 6.07) is 6.03.